The van der Waals surface area contributed by atoms with Gasteiger partial charge in [-0.15, -0.1) is 0 Å². The summed E-state index contributed by atoms with van der Waals surface area (Å²) < 4.78 is 0. The lowest BCUT2D eigenvalue weighted by Gasteiger charge is -2.07. The summed E-state index contributed by atoms with van der Waals surface area (Å²) in [6, 6.07) is 0. The van der Waals surface area contributed by atoms with Gasteiger partial charge < -0.3 is 4.90 Å². The van der Waals surface area contributed by atoms with E-state index in [9.17, 15) is 0 Å². The molecule has 0 radical (unpaired) electrons. The highest BCUT2D eigenvalue weighted by molar-refractivity contribution is 5.89. The van der Waals surface area contributed by atoms with E-state index in [1.165, 1.54) is 0 Å². The summed E-state index contributed by atoms with van der Waals surface area (Å²) in [6.45, 7) is 2.49. The number of hydrogen-bond donors (Lipinski definition) is 1. The van der Waals surface area contributed by atoms with Crippen LogP contribution in [0.2, 0.25) is 0 Å². The Bertz CT molecular complexity index is 149. The summed E-state index contributed by atoms with van der Waals surface area (Å²) >= 11 is 0. The molecule has 1 rings (SSSR count). The lowest BCUT2D eigenvalue weighted by atomic mass is 10.6. The molecule has 0 saturated heterocycles. The Balaban J connectivity index is 2.66. The fourth-order valence-corrected chi connectivity index (χ4v) is 0.516. The van der Waals surface area contributed by atoms with Crippen molar-refractivity contribution in [2.75, 3.05) is 13.7 Å². The first-order valence-electron chi connectivity index (χ1n) is 2.80. The summed E-state index contributed by atoms with van der Waals surface area (Å²) in [6.07, 6.45) is 1.75. The van der Waals surface area contributed by atoms with Gasteiger partial charge >= 0.3 is 0 Å². The van der Waals surface area contributed by atoms with Crippen LogP contribution < -0.4 is 5.43 Å². The van der Waals surface area contributed by atoms with E-state index in [1.54, 1.807) is 6.34 Å². The van der Waals surface area contributed by atoms with Crippen LogP contribution in [-0.4, -0.2) is 30.8 Å². The molecule has 0 aromatic heterocycles. The molecule has 0 bridgehead atoms. The van der Waals surface area contributed by atoms with Gasteiger partial charge in [0.15, 0.2) is 0 Å². The van der Waals surface area contributed by atoms with Crippen molar-refractivity contribution in [2.45, 2.75) is 6.92 Å². The van der Waals surface area contributed by atoms with Crippen molar-refractivity contribution in [1.29, 1.82) is 0 Å². The van der Waals surface area contributed by atoms with Gasteiger partial charge in [-0.2, -0.15) is 5.10 Å². The number of nitrogens with one attached hydrogen (secondary N) is 1. The van der Waals surface area contributed by atoms with Crippen molar-refractivity contribution in [3.05, 3.63) is 0 Å². The quantitative estimate of drug-likeness (QED) is 0.490. The third kappa shape index (κ3) is 1.42. The van der Waals surface area contributed by atoms with Crippen LogP contribution in [0.1, 0.15) is 6.92 Å². The van der Waals surface area contributed by atoms with Crippen LogP contribution in [0, 0.1) is 0 Å². The zero-order valence-electron chi connectivity index (χ0n) is 5.63. The topological polar surface area (TPSA) is 40.0 Å². The first-order valence-corrected chi connectivity index (χ1v) is 2.80. The Kier molecular flexibility index (Phi) is 1.67. The lowest BCUT2D eigenvalue weighted by molar-refractivity contribution is 0.746. The second kappa shape index (κ2) is 2.48. The predicted octanol–water partition coefficient (Wildman–Crippen LogP) is -0.159. The van der Waals surface area contributed by atoms with Crippen LogP contribution in [0.5, 0.6) is 0 Å². The van der Waals surface area contributed by atoms with E-state index in [1.807, 2.05) is 18.9 Å². The molecule has 0 aromatic carbocycles. The summed E-state index contributed by atoms with van der Waals surface area (Å²) in [4.78, 5) is 5.84. The van der Waals surface area contributed by atoms with E-state index in [0.717, 1.165) is 5.84 Å². The molecule has 0 atom stereocenters. The number of rotatable bonds is 0. The molecule has 0 saturated carbocycles. The van der Waals surface area contributed by atoms with Crippen molar-refractivity contribution >= 4 is 12.2 Å². The van der Waals surface area contributed by atoms with Crippen molar-refractivity contribution < 1.29 is 0 Å². The van der Waals surface area contributed by atoms with E-state index in [0.29, 0.717) is 6.67 Å². The Morgan fingerprint density at radius 2 is 2.56 bits per heavy atom. The minimum absolute atomic E-state index is 0.571. The number of aliphatic imine (C=N–C) groups is 1. The molecule has 0 amide bonds. The van der Waals surface area contributed by atoms with Gasteiger partial charge in [-0.05, 0) is 6.92 Å². The average molecular weight is 126 g/mol. The standard InChI is InChI=1S/C5H10N4/c1-5-8-7-3-6-4-9(5)2/h4,7H,3H2,1-2H3. The van der Waals surface area contributed by atoms with Crippen LogP contribution in [0.3, 0.4) is 0 Å². The molecule has 1 heterocycles. The Labute approximate surface area is 54.3 Å². The Hall–Kier alpha value is -1.06. The summed E-state index contributed by atoms with van der Waals surface area (Å²) in [5, 5.41) is 3.97. The zero-order valence-corrected chi connectivity index (χ0v) is 5.63. The van der Waals surface area contributed by atoms with E-state index in [-0.39, 0.29) is 0 Å². The van der Waals surface area contributed by atoms with E-state index in [2.05, 4.69) is 15.5 Å². The van der Waals surface area contributed by atoms with Crippen molar-refractivity contribution in [2.24, 2.45) is 10.1 Å². The smallest absolute Gasteiger partial charge is 0.126 e. The van der Waals surface area contributed by atoms with Crippen LogP contribution in [0.4, 0.5) is 0 Å². The van der Waals surface area contributed by atoms with Gasteiger partial charge in [0.2, 0.25) is 0 Å². The fourth-order valence-electron chi connectivity index (χ4n) is 0.516. The molecule has 0 spiro atoms. The van der Waals surface area contributed by atoms with E-state index >= 15 is 0 Å². The van der Waals surface area contributed by atoms with Crippen LogP contribution in [-0.2, 0) is 0 Å². The molecule has 1 N–H and O–H groups in total. The maximum atomic E-state index is 3.98. The zero-order chi connectivity index (χ0) is 6.69. The number of nitrogens with zero attached hydrogens (tertiary/aromatic N) is 3. The molecule has 0 unspecified atom stereocenters. The van der Waals surface area contributed by atoms with Gasteiger partial charge in [0.05, 0.1) is 6.34 Å². The van der Waals surface area contributed by atoms with Gasteiger partial charge in [-0.3, -0.25) is 10.4 Å². The summed E-state index contributed by atoms with van der Waals surface area (Å²) in [5.74, 6) is 0.927. The molecule has 4 nitrogen and oxygen atoms in total. The van der Waals surface area contributed by atoms with E-state index < -0.39 is 0 Å². The largest absolute Gasteiger partial charge is 0.323 e. The maximum absolute atomic E-state index is 3.98. The maximum Gasteiger partial charge on any atom is 0.126 e. The molecule has 0 aliphatic carbocycles. The molecule has 0 aromatic rings. The highest BCUT2D eigenvalue weighted by Crippen LogP contribution is 1.84. The highest BCUT2D eigenvalue weighted by atomic mass is 15.4. The normalized spacial score (nSPS) is 18.4. The Morgan fingerprint density at radius 3 is 3.33 bits per heavy atom. The number of hydrazone groups is 1. The fraction of sp³-hybridized carbons (Fsp3) is 0.600. The molecule has 50 valence electrons. The van der Waals surface area contributed by atoms with Gasteiger partial charge in [0.1, 0.15) is 12.5 Å². The first kappa shape index (κ1) is 6.07. The monoisotopic (exact) mass is 126 g/mol. The second-order valence-corrected chi connectivity index (χ2v) is 1.88. The number of amidine groups is 1. The third-order valence-corrected chi connectivity index (χ3v) is 1.17. The van der Waals surface area contributed by atoms with Gasteiger partial charge in [0, 0.05) is 7.05 Å². The van der Waals surface area contributed by atoms with Crippen molar-refractivity contribution in [3.63, 3.8) is 0 Å². The van der Waals surface area contributed by atoms with Crippen molar-refractivity contribution in [3.8, 4) is 0 Å². The van der Waals surface area contributed by atoms with Gasteiger partial charge in [-0.25, -0.2) is 0 Å². The van der Waals surface area contributed by atoms with Crippen molar-refractivity contribution in [1.82, 2.24) is 10.3 Å². The first-order chi connectivity index (χ1) is 4.30. The third-order valence-electron chi connectivity index (χ3n) is 1.17. The molecule has 0 fully saturated rings. The predicted molar refractivity (Wildman–Crippen MR) is 37.4 cm³/mol. The van der Waals surface area contributed by atoms with E-state index in [4.69, 9.17) is 0 Å². The van der Waals surface area contributed by atoms with Crippen LogP contribution in [0.15, 0.2) is 10.1 Å². The van der Waals surface area contributed by atoms with Gasteiger partial charge in [-0.1, -0.05) is 0 Å². The lowest BCUT2D eigenvalue weighted by Crippen LogP contribution is -2.21. The average Bonchev–Trinajstić information content (AvgIpc) is 1.99. The minimum atomic E-state index is 0.571. The Morgan fingerprint density at radius 1 is 1.78 bits per heavy atom. The van der Waals surface area contributed by atoms with Crippen LogP contribution >= 0.6 is 0 Å². The molecule has 9 heavy (non-hydrogen) atoms. The molecule has 1 aliphatic rings. The summed E-state index contributed by atoms with van der Waals surface area (Å²) in [7, 11) is 1.91. The molecule has 4 heteroatoms. The minimum Gasteiger partial charge on any atom is -0.323 e. The SMILES string of the molecule is CC1=NNCN=CN1C. The molecular formula is C5H10N4. The number of hydrogen-bond acceptors (Lipinski definition) is 4. The summed E-state index contributed by atoms with van der Waals surface area (Å²) in [5.41, 5.74) is 2.78. The second-order valence-electron chi connectivity index (χ2n) is 1.88. The van der Waals surface area contributed by atoms with Gasteiger partial charge in [0.25, 0.3) is 0 Å². The highest BCUT2D eigenvalue weighted by Gasteiger charge is 1.97. The molecule has 1 aliphatic heterocycles. The molecular weight excluding hydrogens is 116 g/mol. The van der Waals surface area contributed by atoms with Crippen LogP contribution in [0.25, 0.3) is 0 Å².